The van der Waals surface area contributed by atoms with Crippen molar-refractivity contribution in [1.29, 1.82) is 0 Å². The third kappa shape index (κ3) is 1.37. The van der Waals surface area contributed by atoms with Gasteiger partial charge in [-0.3, -0.25) is 4.79 Å². The number of carbonyl (C=O) groups is 1. The zero-order valence-electron chi connectivity index (χ0n) is 7.41. The van der Waals surface area contributed by atoms with Crippen LogP contribution < -0.4 is 4.74 Å². The highest BCUT2D eigenvalue weighted by Crippen LogP contribution is 2.30. The van der Waals surface area contributed by atoms with Gasteiger partial charge in [-0.1, -0.05) is 0 Å². The SMILES string of the molecule is COc1cc2cc(C=O)sc2cc1F. The smallest absolute Gasteiger partial charge is 0.166 e. The molecular formula is C10H7FO2S. The number of halogens is 1. The molecule has 2 rings (SSSR count). The van der Waals surface area contributed by atoms with Gasteiger partial charge in [0.25, 0.3) is 0 Å². The number of fused-ring (bicyclic) bond motifs is 1. The second kappa shape index (κ2) is 3.38. The predicted molar refractivity (Wildman–Crippen MR) is 53.7 cm³/mol. The molecule has 0 saturated heterocycles. The number of hydrogen-bond donors (Lipinski definition) is 0. The van der Waals surface area contributed by atoms with Crippen LogP contribution in [0, 0.1) is 5.82 Å². The largest absolute Gasteiger partial charge is 0.494 e. The maximum absolute atomic E-state index is 13.2. The highest BCUT2D eigenvalue weighted by molar-refractivity contribution is 7.20. The van der Waals surface area contributed by atoms with Crippen LogP contribution in [0.2, 0.25) is 0 Å². The van der Waals surface area contributed by atoms with Crippen LogP contribution in [-0.2, 0) is 0 Å². The molecule has 0 aliphatic carbocycles. The van der Waals surface area contributed by atoms with E-state index in [0.717, 1.165) is 16.4 Å². The first-order chi connectivity index (χ1) is 6.74. The van der Waals surface area contributed by atoms with Crippen molar-refractivity contribution in [3.8, 4) is 5.75 Å². The molecule has 0 saturated carbocycles. The quantitative estimate of drug-likeness (QED) is 0.712. The minimum absolute atomic E-state index is 0.202. The number of aldehydes is 1. The van der Waals surface area contributed by atoms with Crippen molar-refractivity contribution in [3.05, 3.63) is 28.9 Å². The molecule has 1 aromatic heterocycles. The fourth-order valence-electron chi connectivity index (χ4n) is 1.28. The molecule has 0 unspecified atom stereocenters. The number of hydrogen-bond acceptors (Lipinski definition) is 3. The topological polar surface area (TPSA) is 26.3 Å². The third-order valence-electron chi connectivity index (χ3n) is 1.93. The van der Waals surface area contributed by atoms with Crippen LogP contribution in [0.3, 0.4) is 0 Å². The van der Waals surface area contributed by atoms with E-state index in [1.54, 1.807) is 12.1 Å². The highest BCUT2D eigenvalue weighted by Gasteiger charge is 2.07. The van der Waals surface area contributed by atoms with Gasteiger partial charge in [0, 0.05) is 4.70 Å². The van der Waals surface area contributed by atoms with E-state index >= 15 is 0 Å². The lowest BCUT2D eigenvalue weighted by Gasteiger charge is -2.00. The lowest BCUT2D eigenvalue weighted by atomic mass is 10.2. The summed E-state index contributed by atoms with van der Waals surface area (Å²) in [5.41, 5.74) is 0. The number of carbonyl (C=O) groups excluding carboxylic acids is 1. The summed E-state index contributed by atoms with van der Waals surface area (Å²) >= 11 is 1.27. The van der Waals surface area contributed by atoms with Gasteiger partial charge >= 0.3 is 0 Å². The van der Waals surface area contributed by atoms with Crippen LogP contribution in [0.15, 0.2) is 18.2 Å². The fourth-order valence-corrected chi connectivity index (χ4v) is 2.16. The van der Waals surface area contributed by atoms with Crippen LogP contribution in [0.5, 0.6) is 5.75 Å². The van der Waals surface area contributed by atoms with E-state index in [2.05, 4.69) is 0 Å². The van der Waals surface area contributed by atoms with Crippen molar-refractivity contribution in [2.45, 2.75) is 0 Å². The van der Waals surface area contributed by atoms with Gasteiger partial charge in [0.2, 0.25) is 0 Å². The van der Waals surface area contributed by atoms with Gasteiger partial charge in [0.05, 0.1) is 12.0 Å². The normalized spacial score (nSPS) is 10.4. The van der Waals surface area contributed by atoms with Gasteiger partial charge in [-0.05, 0) is 23.6 Å². The van der Waals surface area contributed by atoms with Crippen LogP contribution in [0.4, 0.5) is 4.39 Å². The number of ether oxygens (including phenoxy) is 1. The molecule has 4 heteroatoms. The molecule has 14 heavy (non-hydrogen) atoms. The summed E-state index contributed by atoms with van der Waals surface area (Å²) in [7, 11) is 1.41. The Balaban J connectivity index is 2.69. The Hall–Kier alpha value is -1.42. The average Bonchev–Trinajstić information content (AvgIpc) is 2.58. The van der Waals surface area contributed by atoms with Crippen molar-refractivity contribution in [2.24, 2.45) is 0 Å². The lowest BCUT2D eigenvalue weighted by molar-refractivity contribution is 0.112. The lowest BCUT2D eigenvalue weighted by Crippen LogP contribution is -1.86. The molecular weight excluding hydrogens is 203 g/mol. The fraction of sp³-hybridized carbons (Fsp3) is 0.100. The average molecular weight is 210 g/mol. The highest BCUT2D eigenvalue weighted by atomic mass is 32.1. The van der Waals surface area contributed by atoms with E-state index in [0.29, 0.717) is 4.88 Å². The molecule has 0 spiro atoms. The summed E-state index contributed by atoms with van der Waals surface area (Å²) in [5, 5.41) is 0.829. The van der Waals surface area contributed by atoms with Gasteiger partial charge < -0.3 is 4.74 Å². The molecule has 72 valence electrons. The molecule has 0 N–H and O–H groups in total. The molecule has 0 bridgehead atoms. The van der Waals surface area contributed by atoms with E-state index < -0.39 is 5.82 Å². The molecule has 0 radical (unpaired) electrons. The van der Waals surface area contributed by atoms with Gasteiger partial charge in [0.1, 0.15) is 0 Å². The molecule has 0 fully saturated rings. The number of rotatable bonds is 2. The minimum Gasteiger partial charge on any atom is -0.494 e. The van der Waals surface area contributed by atoms with Crippen molar-refractivity contribution in [2.75, 3.05) is 7.11 Å². The van der Waals surface area contributed by atoms with Crippen molar-refractivity contribution in [3.63, 3.8) is 0 Å². The van der Waals surface area contributed by atoms with Crippen LogP contribution in [0.1, 0.15) is 9.67 Å². The maximum Gasteiger partial charge on any atom is 0.166 e. The summed E-state index contributed by atoms with van der Waals surface area (Å²) < 4.78 is 18.8. The van der Waals surface area contributed by atoms with Gasteiger partial charge in [0.15, 0.2) is 17.9 Å². The molecule has 0 amide bonds. The van der Waals surface area contributed by atoms with Crippen molar-refractivity contribution in [1.82, 2.24) is 0 Å². The summed E-state index contributed by atoms with van der Waals surface area (Å²) in [6.45, 7) is 0. The van der Waals surface area contributed by atoms with Gasteiger partial charge in [-0.25, -0.2) is 4.39 Å². The van der Waals surface area contributed by atoms with Crippen molar-refractivity contribution < 1.29 is 13.9 Å². The first-order valence-corrected chi connectivity index (χ1v) is 4.78. The Labute approximate surface area is 83.9 Å². The van der Waals surface area contributed by atoms with E-state index in [1.165, 1.54) is 24.5 Å². The standard InChI is InChI=1S/C10H7FO2S/c1-13-9-3-6-2-7(5-12)14-10(6)4-8(9)11/h2-5H,1H3. The summed E-state index contributed by atoms with van der Waals surface area (Å²) in [5.74, 6) is -0.202. The van der Waals surface area contributed by atoms with Crippen LogP contribution in [-0.4, -0.2) is 13.4 Å². The van der Waals surface area contributed by atoms with E-state index in [-0.39, 0.29) is 5.75 Å². The second-order valence-electron chi connectivity index (χ2n) is 2.79. The van der Waals surface area contributed by atoms with E-state index in [1.807, 2.05) is 0 Å². The Morgan fingerprint density at radius 1 is 1.43 bits per heavy atom. The van der Waals surface area contributed by atoms with Crippen molar-refractivity contribution >= 4 is 27.7 Å². The predicted octanol–water partition coefficient (Wildman–Crippen LogP) is 2.86. The Morgan fingerprint density at radius 2 is 2.21 bits per heavy atom. The van der Waals surface area contributed by atoms with Gasteiger partial charge in [-0.15, -0.1) is 11.3 Å². The monoisotopic (exact) mass is 210 g/mol. The van der Waals surface area contributed by atoms with E-state index in [9.17, 15) is 9.18 Å². The first kappa shape index (κ1) is 9.15. The van der Waals surface area contributed by atoms with Crippen LogP contribution >= 0.6 is 11.3 Å². The zero-order chi connectivity index (χ0) is 10.1. The maximum atomic E-state index is 13.2. The zero-order valence-corrected chi connectivity index (χ0v) is 8.23. The number of benzene rings is 1. The van der Waals surface area contributed by atoms with Gasteiger partial charge in [-0.2, -0.15) is 0 Å². The third-order valence-corrected chi connectivity index (χ3v) is 2.95. The summed E-state index contributed by atoms with van der Waals surface area (Å²) in [4.78, 5) is 11.1. The Kier molecular flexibility index (Phi) is 2.21. The molecule has 0 atom stereocenters. The second-order valence-corrected chi connectivity index (χ2v) is 3.91. The molecule has 2 nitrogen and oxygen atoms in total. The number of thiophene rings is 1. The molecule has 2 aromatic rings. The molecule has 0 aliphatic rings. The summed E-state index contributed by atoms with van der Waals surface area (Å²) in [6.07, 6.45) is 0.759. The molecule has 0 aliphatic heterocycles. The molecule has 1 heterocycles. The summed E-state index contributed by atoms with van der Waals surface area (Å²) in [6, 6.07) is 4.69. The Morgan fingerprint density at radius 3 is 2.86 bits per heavy atom. The molecule has 1 aromatic carbocycles. The first-order valence-electron chi connectivity index (χ1n) is 3.97. The minimum atomic E-state index is -0.403. The van der Waals surface area contributed by atoms with Crippen LogP contribution in [0.25, 0.3) is 10.1 Å². The Bertz CT molecular complexity index is 490. The number of methoxy groups -OCH3 is 1. The van der Waals surface area contributed by atoms with E-state index in [4.69, 9.17) is 4.74 Å².